The number of hydrogen-bond donors (Lipinski definition) is 1. The maximum Gasteiger partial charge on any atom is 0.355 e. The summed E-state index contributed by atoms with van der Waals surface area (Å²) in [7, 11) is 3.37. The number of para-hydroxylation sites is 1. The van der Waals surface area contributed by atoms with Gasteiger partial charge in [0.05, 0.1) is 14.2 Å². The van der Waals surface area contributed by atoms with E-state index in [1.54, 1.807) is 14.2 Å². The SMILES string of the molecule is COc1cccc([Si]Oc2ccc(N)cc2)c1OC. The van der Waals surface area contributed by atoms with Gasteiger partial charge in [0.1, 0.15) is 5.75 Å². The van der Waals surface area contributed by atoms with Crippen LogP contribution in [0.2, 0.25) is 0 Å². The average Bonchev–Trinajstić information content (AvgIpc) is 2.46. The molecule has 0 amide bonds. The minimum atomic E-state index is 0.138. The molecule has 0 unspecified atom stereocenters. The minimum Gasteiger partial charge on any atom is -0.536 e. The van der Waals surface area contributed by atoms with E-state index in [-0.39, 0.29) is 9.76 Å². The zero-order valence-corrected chi connectivity index (χ0v) is 11.8. The summed E-state index contributed by atoms with van der Waals surface area (Å²) in [5.41, 5.74) is 6.34. The van der Waals surface area contributed by atoms with Crippen LogP contribution in [0.25, 0.3) is 0 Å². The largest absolute Gasteiger partial charge is 0.536 e. The molecule has 2 radical (unpaired) electrons. The fourth-order valence-corrected chi connectivity index (χ4v) is 2.46. The van der Waals surface area contributed by atoms with Crippen molar-refractivity contribution in [1.29, 1.82) is 0 Å². The van der Waals surface area contributed by atoms with E-state index in [0.717, 1.165) is 16.6 Å². The van der Waals surface area contributed by atoms with Gasteiger partial charge in [-0.05, 0) is 30.3 Å². The zero-order chi connectivity index (χ0) is 13.7. The number of nitrogens with two attached hydrogens (primary N) is 1. The summed E-state index contributed by atoms with van der Waals surface area (Å²) in [5, 5.41) is 0.957. The predicted octanol–water partition coefficient (Wildman–Crippen LogP) is 1.61. The average molecular weight is 273 g/mol. The number of nitrogen functional groups attached to an aromatic ring is 1. The van der Waals surface area contributed by atoms with Gasteiger partial charge in [0.25, 0.3) is 0 Å². The molecule has 2 rings (SSSR count). The van der Waals surface area contributed by atoms with Crippen molar-refractivity contribution < 1.29 is 13.9 Å². The smallest absolute Gasteiger partial charge is 0.355 e. The Bertz CT molecular complexity index is 543. The van der Waals surface area contributed by atoms with Crippen LogP contribution in [-0.4, -0.2) is 24.0 Å². The van der Waals surface area contributed by atoms with Crippen molar-refractivity contribution in [3.63, 3.8) is 0 Å². The molecule has 19 heavy (non-hydrogen) atoms. The molecule has 0 aliphatic carbocycles. The van der Waals surface area contributed by atoms with Gasteiger partial charge >= 0.3 is 9.76 Å². The normalized spacial score (nSPS) is 10.0. The van der Waals surface area contributed by atoms with Crippen LogP contribution in [0.3, 0.4) is 0 Å². The van der Waals surface area contributed by atoms with Crippen molar-refractivity contribution in [2.24, 2.45) is 0 Å². The van der Waals surface area contributed by atoms with Gasteiger partial charge in [0, 0.05) is 10.9 Å². The molecule has 0 spiro atoms. The third-order valence-corrected chi connectivity index (χ3v) is 3.51. The van der Waals surface area contributed by atoms with Crippen molar-refractivity contribution in [1.82, 2.24) is 0 Å². The molecule has 5 heteroatoms. The Morgan fingerprint density at radius 2 is 1.68 bits per heavy atom. The van der Waals surface area contributed by atoms with E-state index in [1.807, 2.05) is 42.5 Å². The lowest BCUT2D eigenvalue weighted by molar-refractivity contribution is 0.357. The Labute approximate surface area is 115 Å². The lowest BCUT2D eigenvalue weighted by atomic mass is 10.3. The molecule has 0 saturated carbocycles. The molecule has 2 aromatic carbocycles. The molecule has 0 atom stereocenters. The highest BCUT2D eigenvalue weighted by molar-refractivity contribution is 6.49. The number of benzene rings is 2. The van der Waals surface area contributed by atoms with Crippen LogP contribution >= 0.6 is 0 Å². The molecule has 98 valence electrons. The van der Waals surface area contributed by atoms with Gasteiger partial charge in [0.2, 0.25) is 0 Å². The highest BCUT2D eigenvalue weighted by Crippen LogP contribution is 2.23. The second kappa shape index (κ2) is 6.15. The Morgan fingerprint density at radius 3 is 2.32 bits per heavy atom. The molecule has 0 bridgehead atoms. The lowest BCUT2D eigenvalue weighted by Crippen LogP contribution is -2.22. The van der Waals surface area contributed by atoms with Crippen LogP contribution in [0.15, 0.2) is 42.5 Å². The first-order valence-electron chi connectivity index (χ1n) is 5.74. The Morgan fingerprint density at radius 1 is 0.947 bits per heavy atom. The van der Waals surface area contributed by atoms with Crippen LogP contribution < -0.4 is 24.8 Å². The van der Waals surface area contributed by atoms with Gasteiger partial charge in [-0.15, -0.1) is 0 Å². The molecular formula is C14H15NO3Si. The van der Waals surface area contributed by atoms with Gasteiger partial charge in [-0.25, -0.2) is 0 Å². The standard InChI is InChI=1S/C14H15NO3Si/c1-16-12-4-3-5-13(14(12)17-2)19-18-11-8-6-10(15)7-9-11/h3-9H,15H2,1-2H3. The fraction of sp³-hybridized carbons (Fsp3) is 0.143. The molecule has 4 nitrogen and oxygen atoms in total. The van der Waals surface area contributed by atoms with Gasteiger partial charge < -0.3 is 19.6 Å². The molecule has 0 saturated heterocycles. The van der Waals surface area contributed by atoms with E-state index in [4.69, 9.17) is 19.6 Å². The first-order chi connectivity index (χ1) is 9.24. The van der Waals surface area contributed by atoms with Crippen LogP contribution in [-0.2, 0) is 0 Å². The highest BCUT2D eigenvalue weighted by atomic mass is 28.2. The zero-order valence-electron chi connectivity index (χ0n) is 10.8. The Hall–Kier alpha value is -2.14. The highest BCUT2D eigenvalue weighted by Gasteiger charge is 2.12. The summed E-state index contributed by atoms with van der Waals surface area (Å²) in [4.78, 5) is 0. The summed E-state index contributed by atoms with van der Waals surface area (Å²) in [5.74, 6) is 2.18. The van der Waals surface area contributed by atoms with Crippen LogP contribution in [0.1, 0.15) is 0 Å². The van der Waals surface area contributed by atoms with Crippen LogP contribution in [0.4, 0.5) is 5.69 Å². The third kappa shape index (κ3) is 3.20. The quantitative estimate of drug-likeness (QED) is 0.664. The number of anilines is 1. The van der Waals surface area contributed by atoms with Crippen molar-refractivity contribution >= 4 is 20.6 Å². The summed E-state index contributed by atoms with van der Waals surface area (Å²) >= 11 is 0. The van der Waals surface area contributed by atoms with E-state index < -0.39 is 0 Å². The van der Waals surface area contributed by atoms with E-state index in [0.29, 0.717) is 11.5 Å². The van der Waals surface area contributed by atoms with Crippen LogP contribution in [0.5, 0.6) is 17.2 Å². The van der Waals surface area contributed by atoms with Gasteiger partial charge in [-0.3, -0.25) is 0 Å². The van der Waals surface area contributed by atoms with Crippen molar-refractivity contribution in [2.45, 2.75) is 0 Å². The predicted molar refractivity (Wildman–Crippen MR) is 76.4 cm³/mol. The van der Waals surface area contributed by atoms with E-state index >= 15 is 0 Å². The van der Waals surface area contributed by atoms with Gasteiger partial charge in [-0.2, -0.15) is 0 Å². The number of rotatable bonds is 5. The molecule has 2 aromatic rings. The van der Waals surface area contributed by atoms with E-state index in [2.05, 4.69) is 0 Å². The van der Waals surface area contributed by atoms with Gasteiger partial charge in [0.15, 0.2) is 11.5 Å². The number of hydrogen-bond acceptors (Lipinski definition) is 4. The topological polar surface area (TPSA) is 53.7 Å². The number of methoxy groups -OCH3 is 2. The summed E-state index contributed by atoms with van der Waals surface area (Å²) in [6.07, 6.45) is 0. The molecule has 0 aliphatic rings. The molecule has 0 fully saturated rings. The third-order valence-electron chi connectivity index (χ3n) is 2.56. The van der Waals surface area contributed by atoms with Crippen molar-refractivity contribution in [3.8, 4) is 17.2 Å². The Kier molecular flexibility index (Phi) is 4.30. The van der Waals surface area contributed by atoms with Crippen LogP contribution in [0, 0.1) is 0 Å². The maximum absolute atomic E-state index is 5.73. The second-order valence-electron chi connectivity index (χ2n) is 3.81. The first-order valence-corrected chi connectivity index (χ1v) is 6.65. The summed E-state index contributed by atoms with van der Waals surface area (Å²) < 4.78 is 16.3. The molecule has 0 aliphatic heterocycles. The molecular weight excluding hydrogens is 258 g/mol. The minimum absolute atomic E-state index is 0.138. The monoisotopic (exact) mass is 273 g/mol. The fourth-order valence-electron chi connectivity index (χ4n) is 1.62. The van der Waals surface area contributed by atoms with E-state index in [1.165, 1.54) is 0 Å². The molecule has 2 N–H and O–H groups in total. The lowest BCUT2D eigenvalue weighted by Gasteiger charge is -2.12. The van der Waals surface area contributed by atoms with Crippen molar-refractivity contribution in [3.05, 3.63) is 42.5 Å². The maximum atomic E-state index is 5.73. The van der Waals surface area contributed by atoms with E-state index in [9.17, 15) is 0 Å². The Balaban J connectivity index is 2.13. The summed E-state index contributed by atoms with van der Waals surface area (Å²) in [6.45, 7) is 0. The second-order valence-corrected chi connectivity index (χ2v) is 4.76. The molecule has 0 aromatic heterocycles. The van der Waals surface area contributed by atoms with Gasteiger partial charge in [-0.1, -0.05) is 12.1 Å². The van der Waals surface area contributed by atoms with Crippen molar-refractivity contribution in [2.75, 3.05) is 20.0 Å². The first kappa shape index (κ1) is 13.3. The summed E-state index contributed by atoms with van der Waals surface area (Å²) in [6, 6.07) is 13.0. The number of ether oxygens (including phenoxy) is 2. The molecule has 0 heterocycles.